The molecule has 0 amide bonds. The van der Waals surface area contributed by atoms with E-state index in [1.54, 1.807) is 12.1 Å². The van der Waals surface area contributed by atoms with Gasteiger partial charge in [-0.2, -0.15) is 0 Å². The van der Waals surface area contributed by atoms with Crippen molar-refractivity contribution in [3.8, 4) is 0 Å². The smallest absolute Gasteiger partial charge is 0.193 e. The molecule has 0 aromatic heterocycles. The summed E-state index contributed by atoms with van der Waals surface area (Å²) in [7, 11) is -3.36. The van der Waals surface area contributed by atoms with Crippen LogP contribution in [0.2, 0.25) is 0 Å². The monoisotopic (exact) mass is 241 g/mol. The molecule has 1 unspecified atom stereocenters. The second kappa shape index (κ2) is 4.18. The topological polar surface area (TPSA) is 60.2 Å². The van der Waals surface area contributed by atoms with Crippen LogP contribution in [-0.2, 0) is 15.3 Å². The predicted octanol–water partition coefficient (Wildman–Crippen LogP) is 2.06. The standard InChI is InChI=1S/C12H19NO2S/c1-9(13)16(14,15)11-7-5-10(6-8-11)12(2,3)4/h5-9H,13H2,1-4H3. The van der Waals surface area contributed by atoms with E-state index >= 15 is 0 Å². The first-order chi connectivity index (χ1) is 7.15. The molecule has 0 spiro atoms. The molecule has 3 nitrogen and oxygen atoms in total. The van der Waals surface area contributed by atoms with E-state index in [9.17, 15) is 8.42 Å². The van der Waals surface area contributed by atoms with E-state index in [4.69, 9.17) is 5.73 Å². The number of hydrogen-bond acceptors (Lipinski definition) is 3. The van der Waals surface area contributed by atoms with Crippen molar-refractivity contribution in [2.24, 2.45) is 5.73 Å². The Morgan fingerprint density at radius 2 is 1.56 bits per heavy atom. The zero-order valence-electron chi connectivity index (χ0n) is 10.2. The maximum Gasteiger partial charge on any atom is 0.193 e. The summed E-state index contributed by atoms with van der Waals surface area (Å²) in [5.41, 5.74) is 6.57. The van der Waals surface area contributed by atoms with Crippen molar-refractivity contribution in [1.29, 1.82) is 0 Å². The van der Waals surface area contributed by atoms with Crippen LogP contribution in [0.3, 0.4) is 0 Å². The van der Waals surface area contributed by atoms with Crippen molar-refractivity contribution in [2.45, 2.75) is 43.4 Å². The van der Waals surface area contributed by atoms with Gasteiger partial charge in [-0.1, -0.05) is 32.9 Å². The molecule has 90 valence electrons. The summed E-state index contributed by atoms with van der Waals surface area (Å²) in [6, 6.07) is 6.93. The summed E-state index contributed by atoms with van der Waals surface area (Å²) in [6.45, 7) is 7.74. The molecule has 2 N–H and O–H groups in total. The highest BCUT2D eigenvalue weighted by Crippen LogP contribution is 2.24. The summed E-state index contributed by atoms with van der Waals surface area (Å²) in [5.74, 6) is 0. The molecule has 1 rings (SSSR count). The minimum Gasteiger partial charge on any atom is -0.315 e. The van der Waals surface area contributed by atoms with E-state index in [0.717, 1.165) is 5.56 Å². The van der Waals surface area contributed by atoms with Crippen molar-refractivity contribution in [3.05, 3.63) is 29.8 Å². The van der Waals surface area contributed by atoms with Crippen LogP contribution in [0.15, 0.2) is 29.2 Å². The Labute approximate surface area is 97.6 Å². The van der Waals surface area contributed by atoms with Crippen molar-refractivity contribution in [2.75, 3.05) is 0 Å². The Morgan fingerprint density at radius 1 is 1.12 bits per heavy atom. The molecule has 0 aliphatic heterocycles. The van der Waals surface area contributed by atoms with E-state index in [0.29, 0.717) is 0 Å². The molecule has 0 bridgehead atoms. The van der Waals surface area contributed by atoms with E-state index < -0.39 is 15.2 Å². The van der Waals surface area contributed by atoms with Crippen molar-refractivity contribution >= 4 is 9.84 Å². The molecule has 1 aromatic carbocycles. The molecule has 0 heterocycles. The van der Waals surface area contributed by atoms with Gasteiger partial charge in [0.15, 0.2) is 9.84 Å². The van der Waals surface area contributed by atoms with Crippen LogP contribution >= 0.6 is 0 Å². The van der Waals surface area contributed by atoms with Gasteiger partial charge in [-0.25, -0.2) is 8.42 Å². The number of sulfone groups is 1. The number of rotatable bonds is 2. The summed E-state index contributed by atoms with van der Waals surface area (Å²) >= 11 is 0. The van der Waals surface area contributed by atoms with Crippen LogP contribution in [0.5, 0.6) is 0 Å². The first-order valence-electron chi connectivity index (χ1n) is 5.26. The molecule has 0 saturated carbocycles. The molecular formula is C12H19NO2S. The lowest BCUT2D eigenvalue weighted by atomic mass is 9.87. The number of nitrogens with two attached hydrogens (primary N) is 1. The van der Waals surface area contributed by atoms with Gasteiger partial charge < -0.3 is 5.73 Å². The zero-order chi connectivity index (χ0) is 12.6. The van der Waals surface area contributed by atoms with E-state index in [-0.39, 0.29) is 10.3 Å². The molecule has 1 aromatic rings. The van der Waals surface area contributed by atoms with E-state index in [1.165, 1.54) is 6.92 Å². The van der Waals surface area contributed by atoms with Crippen LogP contribution in [0.1, 0.15) is 33.3 Å². The first-order valence-corrected chi connectivity index (χ1v) is 6.80. The van der Waals surface area contributed by atoms with Gasteiger partial charge in [0, 0.05) is 0 Å². The molecule has 0 fully saturated rings. The highest BCUT2D eigenvalue weighted by molar-refractivity contribution is 7.92. The number of hydrogen-bond donors (Lipinski definition) is 1. The molecule has 4 heteroatoms. The van der Waals surface area contributed by atoms with Gasteiger partial charge in [0.2, 0.25) is 0 Å². The van der Waals surface area contributed by atoms with Gasteiger partial charge in [-0.05, 0) is 30.0 Å². The predicted molar refractivity (Wildman–Crippen MR) is 66.0 cm³/mol. The van der Waals surface area contributed by atoms with Crippen LogP contribution in [-0.4, -0.2) is 13.8 Å². The van der Waals surface area contributed by atoms with Crippen LogP contribution in [0.25, 0.3) is 0 Å². The van der Waals surface area contributed by atoms with Gasteiger partial charge >= 0.3 is 0 Å². The van der Waals surface area contributed by atoms with Crippen molar-refractivity contribution in [3.63, 3.8) is 0 Å². The van der Waals surface area contributed by atoms with Gasteiger partial charge in [0.25, 0.3) is 0 Å². The van der Waals surface area contributed by atoms with E-state index in [2.05, 4.69) is 20.8 Å². The van der Waals surface area contributed by atoms with Crippen LogP contribution in [0, 0.1) is 0 Å². The Hall–Kier alpha value is -0.870. The lowest BCUT2D eigenvalue weighted by molar-refractivity contribution is 0.581. The number of benzene rings is 1. The summed E-state index contributed by atoms with van der Waals surface area (Å²) < 4.78 is 23.5. The highest BCUT2D eigenvalue weighted by atomic mass is 32.2. The minimum absolute atomic E-state index is 0.0244. The zero-order valence-corrected chi connectivity index (χ0v) is 11.0. The third kappa shape index (κ3) is 2.62. The fourth-order valence-electron chi connectivity index (χ4n) is 1.36. The maximum atomic E-state index is 11.8. The fourth-order valence-corrected chi connectivity index (χ4v) is 2.30. The average molecular weight is 241 g/mol. The maximum absolute atomic E-state index is 11.8. The van der Waals surface area contributed by atoms with E-state index in [1.807, 2.05) is 12.1 Å². The van der Waals surface area contributed by atoms with Gasteiger partial charge in [0.1, 0.15) is 5.37 Å². The Morgan fingerprint density at radius 3 is 1.88 bits per heavy atom. The van der Waals surface area contributed by atoms with Gasteiger partial charge in [-0.3, -0.25) is 0 Å². The van der Waals surface area contributed by atoms with Crippen molar-refractivity contribution < 1.29 is 8.42 Å². The lowest BCUT2D eigenvalue weighted by Crippen LogP contribution is -2.27. The van der Waals surface area contributed by atoms with Gasteiger partial charge in [-0.15, -0.1) is 0 Å². The first kappa shape index (κ1) is 13.2. The summed E-state index contributed by atoms with van der Waals surface area (Å²) in [6.07, 6.45) is 0. The second-order valence-corrected chi connectivity index (χ2v) is 7.33. The average Bonchev–Trinajstić information content (AvgIpc) is 2.16. The molecule has 1 atom stereocenters. The molecule has 0 aliphatic carbocycles. The van der Waals surface area contributed by atoms with Gasteiger partial charge in [0.05, 0.1) is 4.90 Å². The SMILES string of the molecule is CC(N)S(=O)(=O)c1ccc(C(C)(C)C)cc1. The largest absolute Gasteiger partial charge is 0.315 e. The molecule has 16 heavy (non-hydrogen) atoms. The normalized spacial score (nSPS) is 14.8. The van der Waals surface area contributed by atoms with Crippen molar-refractivity contribution in [1.82, 2.24) is 0 Å². The Balaban J connectivity index is 3.15. The lowest BCUT2D eigenvalue weighted by Gasteiger charge is -2.19. The summed E-state index contributed by atoms with van der Waals surface area (Å²) in [4.78, 5) is 0.288. The molecular weight excluding hydrogens is 222 g/mol. The summed E-state index contributed by atoms with van der Waals surface area (Å²) in [5, 5.41) is -0.868. The molecule has 0 radical (unpaired) electrons. The second-order valence-electron chi connectivity index (χ2n) is 5.02. The quantitative estimate of drug-likeness (QED) is 0.862. The third-order valence-electron chi connectivity index (χ3n) is 2.54. The fraction of sp³-hybridized carbons (Fsp3) is 0.500. The molecule has 0 aliphatic rings. The highest BCUT2D eigenvalue weighted by Gasteiger charge is 2.20. The Bertz CT molecular complexity index is 453. The molecule has 0 saturated heterocycles. The minimum atomic E-state index is -3.36. The Kier molecular flexibility index (Phi) is 3.45. The third-order valence-corrected chi connectivity index (χ3v) is 4.45. The van der Waals surface area contributed by atoms with Crippen LogP contribution < -0.4 is 5.73 Å². The van der Waals surface area contributed by atoms with Crippen LogP contribution in [0.4, 0.5) is 0 Å².